The summed E-state index contributed by atoms with van der Waals surface area (Å²) in [7, 11) is 0. The molecule has 148 valence electrons. The third kappa shape index (κ3) is 4.09. The Morgan fingerprint density at radius 2 is 1.82 bits per heavy atom. The number of hydrogen-bond donors (Lipinski definition) is 1. The first-order valence-electron chi connectivity index (χ1n) is 9.63. The van der Waals surface area contributed by atoms with Gasteiger partial charge in [-0.2, -0.15) is 0 Å². The number of nitrogens with zero attached hydrogens (tertiary/aromatic N) is 1. The largest absolute Gasteiger partial charge is 0.352 e. The van der Waals surface area contributed by atoms with Crippen LogP contribution in [0.15, 0.2) is 24.3 Å². The van der Waals surface area contributed by atoms with Gasteiger partial charge in [0, 0.05) is 36.5 Å². The third-order valence-electron chi connectivity index (χ3n) is 5.45. The number of benzene rings is 1. The first-order chi connectivity index (χ1) is 13.5. The van der Waals surface area contributed by atoms with E-state index >= 15 is 0 Å². The van der Waals surface area contributed by atoms with E-state index in [4.69, 9.17) is 0 Å². The normalized spacial score (nSPS) is 18.8. The lowest BCUT2D eigenvalue weighted by molar-refractivity contribution is -0.125. The van der Waals surface area contributed by atoms with E-state index in [1.54, 1.807) is 11.3 Å². The lowest BCUT2D eigenvalue weighted by Gasteiger charge is -2.21. The number of rotatable bonds is 4. The number of thiophene rings is 1. The van der Waals surface area contributed by atoms with Crippen molar-refractivity contribution in [2.45, 2.75) is 38.6 Å². The van der Waals surface area contributed by atoms with E-state index in [-0.39, 0.29) is 24.3 Å². The van der Waals surface area contributed by atoms with Crippen molar-refractivity contribution >= 4 is 23.2 Å². The van der Waals surface area contributed by atoms with Crippen LogP contribution in [-0.2, 0) is 24.2 Å². The molecule has 28 heavy (non-hydrogen) atoms. The van der Waals surface area contributed by atoms with E-state index in [1.807, 2.05) is 11.0 Å². The molecule has 4 rings (SSSR count). The zero-order valence-electron chi connectivity index (χ0n) is 15.5. The second kappa shape index (κ2) is 7.99. The Morgan fingerprint density at radius 1 is 1.11 bits per heavy atom. The Balaban J connectivity index is 1.38. The summed E-state index contributed by atoms with van der Waals surface area (Å²) in [5, 5.41) is 2.78. The van der Waals surface area contributed by atoms with Gasteiger partial charge in [0.05, 0.1) is 4.88 Å². The highest BCUT2D eigenvalue weighted by Gasteiger charge is 2.29. The Labute approximate surface area is 166 Å². The van der Waals surface area contributed by atoms with Gasteiger partial charge in [0.25, 0.3) is 5.91 Å². The molecule has 2 aromatic rings. The van der Waals surface area contributed by atoms with Crippen molar-refractivity contribution in [1.82, 2.24) is 10.2 Å². The van der Waals surface area contributed by atoms with Crippen LogP contribution in [0, 0.1) is 17.6 Å². The molecule has 1 N–H and O–H groups in total. The highest BCUT2D eigenvalue weighted by atomic mass is 32.1. The summed E-state index contributed by atoms with van der Waals surface area (Å²) < 4.78 is 26.5. The van der Waals surface area contributed by atoms with Crippen LogP contribution >= 0.6 is 11.3 Å². The highest BCUT2D eigenvalue weighted by molar-refractivity contribution is 7.14. The summed E-state index contributed by atoms with van der Waals surface area (Å²) >= 11 is 1.55. The number of fused-ring (bicyclic) bond motifs is 1. The Morgan fingerprint density at radius 3 is 2.54 bits per heavy atom. The van der Waals surface area contributed by atoms with Crippen molar-refractivity contribution in [2.24, 2.45) is 5.92 Å². The van der Waals surface area contributed by atoms with Gasteiger partial charge in [-0.25, -0.2) is 8.78 Å². The minimum atomic E-state index is -0.653. The molecule has 1 aliphatic carbocycles. The zero-order chi connectivity index (χ0) is 19.7. The van der Waals surface area contributed by atoms with Gasteiger partial charge < -0.3 is 10.2 Å². The van der Waals surface area contributed by atoms with Crippen LogP contribution in [0.5, 0.6) is 0 Å². The maximum atomic E-state index is 13.3. The first kappa shape index (κ1) is 19.1. The van der Waals surface area contributed by atoms with E-state index in [1.165, 1.54) is 17.0 Å². The van der Waals surface area contributed by atoms with Crippen LogP contribution in [0.3, 0.4) is 0 Å². The summed E-state index contributed by atoms with van der Waals surface area (Å²) in [6.45, 7) is 1.75. The first-order valence-corrected chi connectivity index (χ1v) is 10.4. The summed E-state index contributed by atoms with van der Waals surface area (Å²) in [5.74, 6) is -1.50. The van der Waals surface area contributed by atoms with Gasteiger partial charge in [0.2, 0.25) is 5.91 Å². The molecule has 1 fully saturated rings. The van der Waals surface area contributed by atoms with Gasteiger partial charge in [-0.3, -0.25) is 9.59 Å². The van der Waals surface area contributed by atoms with E-state index in [9.17, 15) is 18.4 Å². The molecule has 0 radical (unpaired) electrons. The number of carbonyl (C=O) groups excluding carboxylic acids is 2. The molecule has 2 heterocycles. The maximum absolute atomic E-state index is 13.3. The molecule has 0 spiro atoms. The standard InChI is InChI=1S/C21H22F2N2O2S/c22-16-7-13(8-17(23)11-16)12-24-20(26)14-3-4-18-15(9-14)10-19(28-18)21(27)25-5-1-2-6-25/h7-8,10-11,14H,1-6,9,12H2,(H,24,26). The van der Waals surface area contributed by atoms with Crippen molar-refractivity contribution in [3.05, 3.63) is 56.8 Å². The fourth-order valence-corrected chi connectivity index (χ4v) is 5.15. The fourth-order valence-electron chi connectivity index (χ4n) is 3.98. The van der Waals surface area contributed by atoms with E-state index < -0.39 is 11.6 Å². The number of likely N-dealkylation sites (tertiary alicyclic amines) is 1. The molecule has 1 unspecified atom stereocenters. The van der Waals surface area contributed by atoms with Crippen LogP contribution < -0.4 is 5.32 Å². The smallest absolute Gasteiger partial charge is 0.263 e. The molecule has 0 bridgehead atoms. The van der Waals surface area contributed by atoms with E-state index in [2.05, 4.69) is 5.32 Å². The van der Waals surface area contributed by atoms with Gasteiger partial charge in [-0.05, 0) is 61.4 Å². The number of aryl methyl sites for hydroxylation is 1. The Bertz CT molecular complexity index is 886. The van der Waals surface area contributed by atoms with E-state index in [0.717, 1.165) is 48.9 Å². The molecule has 1 aromatic heterocycles. The van der Waals surface area contributed by atoms with Crippen molar-refractivity contribution in [3.63, 3.8) is 0 Å². The Hall–Kier alpha value is -2.28. The molecule has 1 aromatic carbocycles. The van der Waals surface area contributed by atoms with Crippen molar-refractivity contribution in [2.75, 3.05) is 13.1 Å². The number of amides is 2. The summed E-state index contributed by atoms with van der Waals surface area (Å²) in [6.07, 6.45) is 4.22. The molecule has 7 heteroatoms. The van der Waals surface area contributed by atoms with Crippen molar-refractivity contribution in [1.29, 1.82) is 0 Å². The summed E-state index contributed by atoms with van der Waals surface area (Å²) in [6, 6.07) is 5.20. The molecular weight excluding hydrogens is 382 g/mol. The molecule has 2 aliphatic rings. The quantitative estimate of drug-likeness (QED) is 0.845. The lowest BCUT2D eigenvalue weighted by atomic mass is 9.87. The van der Waals surface area contributed by atoms with Crippen LogP contribution in [-0.4, -0.2) is 29.8 Å². The van der Waals surface area contributed by atoms with Crippen molar-refractivity contribution < 1.29 is 18.4 Å². The number of carbonyl (C=O) groups is 2. The minimum absolute atomic E-state index is 0.0964. The van der Waals surface area contributed by atoms with Crippen LogP contribution in [0.1, 0.15) is 44.9 Å². The highest BCUT2D eigenvalue weighted by Crippen LogP contribution is 2.33. The maximum Gasteiger partial charge on any atom is 0.263 e. The summed E-state index contributed by atoms with van der Waals surface area (Å²) in [5.41, 5.74) is 1.48. The number of hydrogen-bond acceptors (Lipinski definition) is 3. The van der Waals surface area contributed by atoms with E-state index in [0.29, 0.717) is 18.4 Å². The predicted molar refractivity (Wildman–Crippen MR) is 103 cm³/mol. The second-order valence-corrected chi connectivity index (χ2v) is 8.63. The van der Waals surface area contributed by atoms with Gasteiger partial charge in [0.15, 0.2) is 0 Å². The van der Waals surface area contributed by atoms with Crippen LogP contribution in [0.4, 0.5) is 8.78 Å². The van der Waals surface area contributed by atoms with Gasteiger partial charge in [-0.1, -0.05) is 0 Å². The monoisotopic (exact) mass is 404 g/mol. The van der Waals surface area contributed by atoms with Crippen LogP contribution in [0.25, 0.3) is 0 Å². The zero-order valence-corrected chi connectivity index (χ0v) is 16.3. The lowest BCUT2D eigenvalue weighted by Crippen LogP contribution is -2.33. The predicted octanol–water partition coefficient (Wildman–Crippen LogP) is 3.68. The topological polar surface area (TPSA) is 49.4 Å². The fraction of sp³-hybridized carbons (Fsp3) is 0.429. The average molecular weight is 404 g/mol. The molecule has 1 atom stereocenters. The van der Waals surface area contributed by atoms with Gasteiger partial charge in [0.1, 0.15) is 11.6 Å². The van der Waals surface area contributed by atoms with Gasteiger partial charge in [-0.15, -0.1) is 11.3 Å². The Kier molecular flexibility index (Phi) is 5.44. The number of halogens is 2. The number of nitrogens with one attached hydrogen (secondary N) is 1. The second-order valence-electron chi connectivity index (χ2n) is 7.49. The minimum Gasteiger partial charge on any atom is -0.352 e. The molecule has 1 saturated heterocycles. The molecular formula is C21H22F2N2O2S. The average Bonchev–Trinajstić information content (AvgIpc) is 3.33. The van der Waals surface area contributed by atoms with Crippen LogP contribution in [0.2, 0.25) is 0 Å². The van der Waals surface area contributed by atoms with Gasteiger partial charge >= 0.3 is 0 Å². The third-order valence-corrected chi connectivity index (χ3v) is 6.67. The molecule has 0 saturated carbocycles. The van der Waals surface area contributed by atoms with Crippen molar-refractivity contribution in [3.8, 4) is 0 Å². The summed E-state index contributed by atoms with van der Waals surface area (Å²) in [4.78, 5) is 29.0. The SMILES string of the molecule is O=C(NCc1cc(F)cc(F)c1)C1CCc2sc(C(=O)N3CCCC3)cc2C1. The molecule has 1 aliphatic heterocycles. The molecule has 4 nitrogen and oxygen atoms in total. The molecule has 2 amide bonds.